The third-order valence-electron chi connectivity index (χ3n) is 7.73. The van der Waals surface area contributed by atoms with E-state index < -0.39 is 55.6 Å². The monoisotopic (exact) mass is 850 g/mol. The van der Waals surface area contributed by atoms with E-state index in [-0.39, 0.29) is 46.2 Å². The third kappa shape index (κ3) is 17.1. The molecule has 53 heavy (non-hydrogen) atoms. The number of hydrogen-bond donors (Lipinski definition) is 0. The number of unbranched alkanes of at least 4 members (excludes halogenated alkanes) is 2. The van der Waals surface area contributed by atoms with Gasteiger partial charge >= 0.3 is 21.7 Å². The summed E-state index contributed by atoms with van der Waals surface area (Å²) in [6.45, 7) is 10.6. The molecule has 2 aromatic rings. The van der Waals surface area contributed by atoms with Crippen molar-refractivity contribution in [3.63, 3.8) is 0 Å². The molecule has 2 amide bonds. The van der Waals surface area contributed by atoms with Crippen LogP contribution in [-0.2, 0) is 31.3 Å². The number of allylic oxidation sites excluding steroid dienone is 8. The second kappa shape index (κ2) is 25.9. The van der Waals surface area contributed by atoms with Crippen molar-refractivity contribution in [2.45, 2.75) is 101 Å². The number of rotatable bonds is 12. The quantitative estimate of drug-likeness (QED) is 0.0924. The van der Waals surface area contributed by atoms with E-state index in [0.29, 0.717) is 12.8 Å². The van der Waals surface area contributed by atoms with E-state index in [9.17, 15) is 27.2 Å². The minimum Gasteiger partial charge on any atom is -0.362 e. The second-order valence-corrected chi connectivity index (χ2v) is 14.9. The Morgan fingerprint density at radius 2 is 1.06 bits per heavy atom. The molecule has 2 aliphatic carbocycles. The van der Waals surface area contributed by atoms with Gasteiger partial charge in [0.05, 0.1) is 10.8 Å². The van der Waals surface area contributed by atoms with Gasteiger partial charge in [-0.25, -0.2) is 41.9 Å². The third-order valence-corrected chi connectivity index (χ3v) is 9.80. The molecule has 0 N–H and O–H groups in total. The van der Waals surface area contributed by atoms with Crippen LogP contribution in [0.2, 0.25) is 0 Å². The number of alkyl halides is 4. The van der Waals surface area contributed by atoms with Crippen molar-refractivity contribution in [2.24, 2.45) is 0 Å². The van der Waals surface area contributed by atoms with Crippen molar-refractivity contribution >= 4 is 69.6 Å². The number of nitrogens with zero attached hydrogens (tertiary/aromatic N) is 2. The van der Waals surface area contributed by atoms with Gasteiger partial charge < -0.3 is 9.80 Å². The van der Waals surface area contributed by atoms with Crippen LogP contribution in [0, 0.1) is 47.6 Å². The predicted octanol–water partition coefficient (Wildman–Crippen LogP) is 11.7. The molecule has 0 aliphatic heterocycles. The normalized spacial score (nSPS) is 15.5. The van der Waals surface area contributed by atoms with Crippen molar-refractivity contribution in [1.29, 1.82) is 0 Å². The summed E-state index contributed by atoms with van der Waals surface area (Å²) in [4.78, 5) is 24.8. The summed E-state index contributed by atoms with van der Waals surface area (Å²) in [5.41, 5.74) is -0.0851. The standard InChI is InChI=1S/2C15H18Cl2F2NO.2C5H5.Ti/c2*1-4-5-8-20(14(21)15(3,17)10(2)16)13-7-6-11(18)9-12(13)19;2*1-2-4-5-3-1;/h2*6-7,10H,4-5,8H2,1-3H3;2*1-3H,4H2;/q4*-1;+4. The van der Waals surface area contributed by atoms with Gasteiger partial charge in [0.25, 0.3) is 0 Å². The summed E-state index contributed by atoms with van der Waals surface area (Å²) < 4.78 is 53.8. The van der Waals surface area contributed by atoms with Gasteiger partial charge in [0, 0.05) is 36.4 Å². The zero-order valence-electron chi connectivity index (χ0n) is 30.8. The topological polar surface area (TPSA) is 40.6 Å². The van der Waals surface area contributed by atoms with Crippen LogP contribution < -0.4 is 9.80 Å². The number of amides is 2. The summed E-state index contributed by atoms with van der Waals surface area (Å²) in [7, 11) is 0. The molecule has 2 aliphatic rings. The van der Waals surface area contributed by atoms with Crippen molar-refractivity contribution in [3.05, 3.63) is 108 Å². The van der Waals surface area contributed by atoms with Crippen molar-refractivity contribution in [1.82, 2.24) is 0 Å². The molecular weight excluding hydrogens is 806 g/mol. The molecule has 0 heterocycles. The Bertz CT molecular complexity index is 1420. The molecule has 4 unspecified atom stereocenters. The van der Waals surface area contributed by atoms with Crippen LogP contribution >= 0.6 is 46.4 Å². The zero-order chi connectivity index (χ0) is 39.5. The Morgan fingerprint density at radius 1 is 0.717 bits per heavy atom. The molecule has 0 bridgehead atoms. The second-order valence-electron chi connectivity index (χ2n) is 12.0. The fraction of sp³-hybridized carbons (Fsp3) is 0.450. The Labute approximate surface area is 348 Å². The summed E-state index contributed by atoms with van der Waals surface area (Å²) in [6.07, 6.45) is 22.9. The maximum Gasteiger partial charge on any atom is 4.00 e. The molecule has 0 spiro atoms. The van der Waals surface area contributed by atoms with Gasteiger partial charge in [-0.15, -0.1) is 95.6 Å². The smallest absolute Gasteiger partial charge is 0.362 e. The molecule has 0 saturated heterocycles. The van der Waals surface area contributed by atoms with Gasteiger partial charge in [-0.2, -0.15) is 12.2 Å². The number of halogens is 8. The fourth-order valence-electron chi connectivity index (χ4n) is 4.13. The SMILES string of the molecule is CCCCN(C(=O)C(C)(Cl)C(C)Cl)c1ccc(F)[c-]c1F.CCCCN(C(=O)C(C)(Cl)C(C)Cl)c1ccc(F)[c-]c1F.[C-]1=CC=CC1.[C-]1=CC=CC1.[Ti+4]. The first-order valence-electron chi connectivity index (χ1n) is 16.9. The van der Waals surface area contributed by atoms with Crippen LogP contribution in [0.4, 0.5) is 28.9 Å². The van der Waals surface area contributed by atoms with E-state index >= 15 is 0 Å². The molecule has 4 rings (SSSR count). The molecule has 4 atom stereocenters. The number of anilines is 2. The molecule has 2 aromatic carbocycles. The molecule has 0 aromatic heterocycles. The average molecular weight is 852 g/mol. The molecular formula is C40H46Cl4F4N2O2Ti. The maximum atomic E-state index is 13.9. The van der Waals surface area contributed by atoms with Gasteiger partial charge in [-0.1, -0.05) is 26.7 Å². The van der Waals surface area contributed by atoms with E-state index in [2.05, 4.69) is 24.3 Å². The summed E-state index contributed by atoms with van der Waals surface area (Å²) in [5, 5.41) is -1.30. The van der Waals surface area contributed by atoms with E-state index in [0.717, 1.165) is 37.8 Å². The first kappa shape index (κ1) is 50.9. The first-order chi connectivity index (χ1) is 24.4. The number of carbonyl (C=O) groups is 2. The minimum absolute atomic E-state index is 0. The van der Waals surface area contributed by atoms with Gasteiger partial charge in [-0.05, 0) is 51.9 Å². The van der Waals surface area contributed by atoms with Crippen LogP contribution in [0.3, 0.4) is 0 Å². The van der Waals surface area contributed by atoms with E-state index in [1.54, 1.807) is 13.8 Å². The van der Waals surface area contributed by atoms with Crippen LogP contribution in [-0.4, -0.2) is 45.4 Å². The van der Waals surface area contributed by atoms with Crippen molar-refractivity contribution < 1.29 is 48.9 Å². The van der Waals surface area contributed by atoms with Gasteiger partial charge in [0.2, 0.25) is 11.8 Å². The predicted molar refractivity (Wildman–Crippen MR) is 207 cm³/mol. The molecule has 4 nitrogen and oxygen atoms in total. The number of hydrogen-bond acceptors (Lipinski definition) is 2. The van der Waals surface area contributed by atoms with Crippen molar-refractivity contribution in [3.8, 4) is 0 Å². The molecule has 288 valence electrons. The maximum absolute atomic E-state index is 13.9. The number of carbonyl (C=O) groups excluding carboxylic acids is 2. The Kier molecular flexibility index (Phi) is 24.9. The summed E-state index contributed by atoms with van der Waals surface area (Å²) >= 11 is 24.3. The summed E-state index contributed by atoms with van der Waals surface area (Å²) in [6, 6.07) is 8.39. The first-order valence-corrected chi connectivity index (χ1v) is 18.5. The molecule has 0 saturated carbocycles. The van der Waals surface area contributed by atoms with Crippen LogP contribution in [0.25, 0.3) is 0 Å². The van der Waals surface area contributed by atoms with Gasteiger partial charge in [-0.3, -0.25) is 21.7 Å². The molecule has 13 heteroatoms. The van der Waals surface area contributed by atoms with Crippen molar-refractivity contribution in [2.75, 3.05) is 22.9 Å². The zero-order valence-corrected chi connectivity index (χ0v) is 35.4. The largest absolute Gasteiger partial charge is 4.00 e. The average Bonchev–Trinajstić information content (AvgIpc) is 3.87. The van der Waals surface area contributed by atoms with E-state index in [1.165, 1.54) is 35.8 Å². The van der Waals surface area contributed by atoms with Gasteiger partial charge in [0.1, 0.15) is 9.75 Å². The van der Waals surface area contributed by atoms with Crippen LogP contribution in [0.5, 0.6) is 0 Å². The van der Waals surface area contributed by atoms with E-state index in [4.69, 9.17) is 46.4 Å². The molecule has 0 radical (unpaired) electrons. The van der Waals surface area contributed by atoms with E-state index in [1.807, 2.05) is 50.3 Å². The van der Waals surface area contributed by atoms with Crippen LogP contribution in [0.1, 0.15) is 80.1 Å². The van der Waals surface area contributed by atoms with Gasteiger partial charge in [0.15, 0.2) is 0 Å². The summed E-state index contributed by atoms with van der Waals surface area (Å²) in [5.74, 6) is -4.52. The Hall–Kier alpha value is -2.07. The fourth-order valence-corrected chi connectivity index (χ4v) is 4.52. The Balaban J connectivity index is 0.000000791. The minimum atomic E-state index is -1.38. The number of benzene rings is 2. The molecule has 0 fully saturated rings. The Morgan fingerprint density at radius 3 is 1.26 bits per heavy atom. The van der Waals surface area contributed by atoms with Crippen LogP contribution in [0.15, 0.2) is 60.7 Å².